The molecule has 2 rings (SSSR count). The van der Waals surface area contributed by atoms with Gasteiger partial charge in [-0.05, 0) is 36.5 Å². The number of likely N-dealkylation sites (N-methyl/N-ethyl adjacent to an activating group) is 1. The summed E-state index contributed by atoms with van der Waals surface area (Å²) in [4.78, 5) is 14.1. The monoisotopic (exact) mass is 305 g/mol. The van der Waals surface area contributed by atoms with Crippen LogP contribution in [0.5, 0.6) is 0 Å². The molecule has 0 atom stereocenters. The first-order valence-electron chi connectivity index (χ1n) is 6.76. The van der Waals surface area contributed by atoms with E-state index in [1.807, 2.05) is 14.1 Å². The zero-order chi connectivity index (χ0) is 15.2. The summed E-state index contributed by atoms with van der Waals surface area (Å²) in [5, 5.41) is 16.1. The Morgan fingerprint density at radius 1 is 1.38 bits per heavy atom. The van der Waals surface area contributed by atoms with Crippen LogP contribution in [0.15, 0.2) is 35.7 Å². The number of hydrogen-bond acceptors (Lipinski definition) is 5. The van der Waals surface area contributed by atoms with Crippen LogP contribution < -0.4 is 5.32 Å². The third kappa shape index (κ3) is 4.27. The normalized spacial score (nSPS) is 10.8. The average molecular weight is 305 g/mol. The van der Waals surface area contributed by atoms with Crippen LogP contribution in [0.2, 0.25) is 0 Å². The van der Waals surface area contributed by atoms with E-state index >= 15 is 0 Å². The molecule has 0 radical (unpaired) electrons. The predicted octanol–water partition coefficient (Wildman–Crippen LogP) is 3.37. The van der Waals surface area contributed by atoms with Crippen molar-refractivity contribution in [1.82, 2.24) is 4.90 Å². The average Bonchev–Trinajstić information content (AvgIpc) is 2.98. The molecule has 0 aliphatic rings. The van der Waals surface area contributed by atoms with E-state index in [0.717, 1.165) is 24.2 Å². The minimum Gasteiger partial charge on any atom is -0.388 e. The maximum absolute atomic E-state index is 10.9. The number of nitrogens with zero attached hydrogens (tertiary/aromatic N) is 2. The van der Waals surface area contributed by atoms with Crippen LogP contribution in [0, 0.1) is 10.1 Å². The van der Waals surface area contributed by atoms with E-state index in [4.69, 9.17) is 0 Å². The zero-order valence-electron chi connectivity index (χ0n) is 12.2. The molecular formula is C15H19N3O2S. The van der Waals surface area contributed by atoms with Crippen molar-refractivity contribution < 1.29 is 4.92 Å². The molecule has 0 fully saturated rings. The highest BCUT2D eigenvalue weighted by Gasteiger charge is 2.12. The Hall–Kier alpha value is -1.92. The Morgan fingerprint density at radius 2 is 2.19 bits per heavy atom. The number of non-ortho nitro benzene ring substituents is 1. The molecule has 0 amide bonds. The summed E-state index contributed by atoms with van der Waals surface area (Å²) in [5.41, 5.74) is 2.01. The van der Waals surface area contributed by atoms with Gasteiger partial charge in [-0.25, -0.2) is 0 Å². The topological polar surface area (TPSA) is 58.4 Å². The Labute approximate surface area is 128 Å². The predicted molar refractivity (Wildman–Crippen MR) is 87.0 cm³/mol. The Balaban J connectivity index is 2.02. The van der Waals surface area contributed by atoms with Gasteiger partial charge in [0, 0.05) is 42.8 Å². The number of hydrogen-bond donors (Lipinski definition) is 1. The number of nitro groups is 1. The van der Waals surface area contributed by atoms with Gasteiger partial charge in [0.15, 0.2) is 0 Å². The first-order chi connectivity index (χ1) is 10.1. The molecule has 1 N–H and O–H groups in total. The number of anilines is 1. The summed E-state index contributed by atoms with van der Waals surface area (Å²) in [6.07, 6.45) is 0.998. The van der Waals surface area contributed by atoms with Gasteiger partial charge in [-0.1, -0.05) is 6.07 Å². The van der Waals surface area contributed by atoms with Crippen molar-refractivity contribution in [3.05, 3.63) is 56.3 Å². The van der Waals surface area contributed by atoms with Gasteiger partial charge in [-0.15, -0.1) is 11.3 Å². The summed E-state index contributed by atoms with van der Waals surface area (Å²) in [6, 6.07) is 9.12. The van der Waals surface area contributed by atoms with Crippen molar-refractivity contribution in [3.8, 4) is 0 Å². The number of benzene rings is 1. The molecule has 2 aromatic rings. The van der Waals surface area contributed by atoms with Crippen molar-refractivity contribution in [3.63, 3.8) is 0 Å². The summed E-state index contributed by atoms with van der Waals surface area (Å²) in [7, 11) is 3.86. The molecule has 0 spiro atoms. The minimum absolute atomic E-state index is 0.135. The van der Waals surface area contributed by atoms with Crippen LogP contribution in [0.25, 0.3) is 0 Å². The van der Waals surface area contributed by atoms with E-state index in [1.165, 1.54) is 10.9 Å². The fraction of sp³-hybridized carbons (Fsp3) is 0.333. The van der Waals surface area contributed by atoms with E-state index in [-0.39, 0.29) is 10.6 Å². The molecule has 112 valence electrons. The van der Waals surface area contributed by atoms with E-state index in [9.17, 15) is 10.1 Å². The van der Waals surface area contributed by atoms with Gasteiger partial charge >= 0.3 is 0 Å². The van der Waals surface area contributed by atoms with Gasteiger partial charge in [0.25, 0.3) is 5.69 Å². The van der Waals surface area contributed by atoms with Crippen molar-refractivity contribution >= 4 is 22.7 Å². The van der Waals surface area contributed by atoms with Crippen LogP contribution >= 0.6 is 11.3 Å². The summed E-state index contributed by atoms with van der Waals surface area (Å²) in [6.45, 7) is 1.61. The van der Waals surface area contributed by atoms with Crippen LogP contribution in [0.1, 0.15) is 10.4 Å². The van der Waals surface area contributed by atoms with E-state index in [2.05, 4.69) is 27.7 Å². The highest BCUT2D eigenvalue weighted by Crippen LogP contribution is 2.23. The number of nitro benzene ring substituents is 1. The van der Waals surface area contributed by atoms with E-state index in [0.29, 0.717) is 6.54 Å². The lowest BCUT2D eigenvalue weighted by Gasteiger charge is -2.18. The molecule has 0 bridgehead atoms. The molecule has 1 aromatic carbocycles. The second-order valence-corrected chi connectivity index (χ2v) is 5.95. The fourth-order valence-electron chi connectivity index (χ4n) is 2.19. The van der Waals surface area contributed by atoms with Crippen molar-refractivity contribution in [2.24, 2.45) is 0 Å². The van der Waals surface area contributed by atoms with E-state index in [1.54, 1.807) is 23.5 Å². The van der Waals surface area contributed by atoms with Crippen LogP contribution in [0.4, 0.5) is 11.4 Å². The second-order valence-electron chi connectivity index (χ2n) is 4.92. The van der Waals surface area contributed by atoms with Crippen molar-refractivity contribution in [2.45, 2.75) is 13.0 Å². The van der Waals surface area contributed by atoms with Crippen molar-refractivity contribution in [2.75, 3.05) is 26.0 Å². The maximum Gasteiger partial charge on any atom is 0.269 e. The second kappa shape index (κ2) is 7.19. The van der Waals surface area contributed by atoms with Crippen LogP contribution in [-0.2, 0) is 13.0 Å². The Morgan fingerprint density at radius 3 is 2.81 bits per heavy atom. The molecule has 0 aliphatic heterocycles. The quantitative estimate of drug-likeness (QED) is 0.629. The lowest BCUT2D eigenvalue weighted by atomic mass is 10.1. The molecule has 1 aromatic heterocycles. The lowest BCUT2D eigenvalue weighted by molar-refractivity contribution is -0.384. The lowest BCUT2D eigenvalue weighted by Crippen LogP contribution is -2.21. The van der Waals surface area contributed by atoms with Gasteiger partial charge in [-0.3, -0.25) is 10.1 Å². The molecule has 5 nitrogen and oxygen atoms in total. The molecule has 1 heterocycles. The smallest absolute Gasteiger partial charge is 0.269 e. The van der Waals surface area contributed by atoms with E-state index < -0.39 is 0 Å². The number of thiophene rings is 1. The van der Waals surface area contributed by atoms with Gasteiger partial charge < -0.3 is 10.2 Å². The minimum atomic E-state index is -0.353. The van der Waals surface area contributed by atoms with Crippen LogP contribution in [-0.4, -0.2) is 30.5 Å². The Bertz CT molecular complexity index is 599. The maximum atomic E-state index is 10.9. The molecule has 0 saturated carbocycles. The van der Waals surface area contributed by atoms with Gasteiger partial charge in [-0.2, -0.15) is 0 Å². The van der Waals surface area contributed by atoms with Crippen LogP contribution in [0.3, 0.4) is 0 Å². The molecule has 0 saturated heterocycles. The molecule has 0 unspecified atom stereocenters. The van der Waals surface area contributed by atoms with Gasteiger partial charge in [0.1, 0.15) is 0 Å². The number of rotatable bonds is 7. The summed E-state index contributed by atoms with van der Waals surface area (Å²) >= 11 is 1.76. The molecule has 21 heavy (non-hydrogen) atoms. The largest absolute Gasteiger partial charge is 0.388 e. The number of nitrogens with one attached hydrogen (secondary N) is 1. The molecule has 0 aliphatic carbocycles. The molecule has 6 heteroatoms. The first kappa shape index (κ1) is 15.5. The van der Waals surface area contributed by atoms with Gasteiger partial charge in [0.2, 0.25) is 0 Å². The highest BCUT2D eigenvalue weighted by molar-refractivity contribution is 7.09. The molecular weight excluding hydrogens is 286 g/mol. The SMILES string of the molecule is CNc1ccc([N+](=O)[O-])cc1CN(C)CCc1cccs1. The standard InChI is InChI=1S/C15H19N3O2S/c1-16-15-6-5-13(18(19)20)10-12(15)11-17(2)8-7-14-4-3-9-21-14/h3-6,9-10,16H,7-8,11H2,1-2H3. The summed E-state index contributed by atoms with van der Waals surface area (Å²) < 4.78 is 0. The third-order valence-corrected chi connectivity index (χ3v) is 4.27. The Kier molecular flexibility index (Phi) is 5.30. The first-order valence-corrected chi connectivity index (χ1v) is 7.64. The van der Waals surface area contributed by atoms with Gasteiger partial charge in [0.05, 0.1) is 4.92 Å². The third-order valence-electron chi connectivity index (χ3n) is 3.33. The zero-order valence-corrected chi connectivity index (χ0v) is 13.0. The fourth-order valence-corrected chi connectivity index (χ4v) is 2.89. The summed E-state index contributed by atoms with van der Waals surface area (Å²) in [5.74, 6) is 0. The van der Waals surface area contributed by atoms with Crippen molar-refractivity contribution in [1.29, 1.82) is 0 Å². The highest BCUT2D eigenvalue weighted by atomic mass is 32.1.